The van der Waals surface area contributed by atoms with E-state index in [1.807, 2.05) is 50.5 Å². The number of benzene rings is 1. The number of esters is 1. The van der Waals surface area contributed by atoms with Crippen LogP contribution in [0.3, 0.4) is 0 Å². The van der Waals surface area contributed by atoms with Gasteiger partial charge in [-0.15, -0.1) is 0 Å². The summed E-state index contributed by atoms with van der Waals surface area (Å²) in [4.78, 5) is 50.3. The molecule has 1 fully saturated rings. The minimum Gasteiger partial charge on any atom is -0.463 e. The van der Waals surface area contributed by atoms with Crippen molar-refractivity contribution in [2.75, 3.05) is 40.5 Å². The quantitative estimate of drug-likeness (QED) is 0.0253. The lowest BCUT2D eigenvalue weighted by Gasteiger charge is -2.49. The lowest BCUT2D eigenvalue weighted by atomic mass is 9.57. The van der Waals surface area contributed by atoms with Crippen LogP contribution in [0, 0.1) is 35.0 Å². The van der Waals surface area contributed by atoms with E-state index in [0.717, 1.165) is 66.8 Å². The van der Waals surface area contributed by atoms with Crippen LogP contribution in [0.4, 0.5) is 0 Å². The first-order valence-electron chi connectivity index (χ1n) is 24.8. The monoisotopic (exact) mass is 926 g/mol. The topological polar surface area (TPSA) is 210 Å². The van der Waals surface area contributed by atoms with E-state index in [4.69, 9.17) is 20.9 Å². The van der Waals surface area contributed by atoms with Gasteiger partial charge in [-0.25, -0.2) is 4.79 Å². The molecule has 0 aromatic heterocycles. The maximum Gasteiger partial charge on any atom is 0.350 e. The molecule has 0 saturated carbocycles. The van der Waals surface area contributed by atoms with Gasteiger partial charge in [0.25, 0.3) is 5.60 Å². The van der Waals surface area contributed by atoms with Crippen molar-refractivity contribution < 1.29 is 23.9 Å². The normalized spacial score (nSPS) is 34.5. The van der Waals surface area contributed by atoms with Gasteiger partial charge in [0.15, 0.2) is 17.3 Å². The zero-order valence-electron chi connectivity index (χ0n) is 40.3. The number of carbonyl (C=O) groups excluding carboxylic acids is 3. The van der Waals surface area contributed by atoms with Crippen LogP contribution in [0.15, 0.2) is 118 Å². The summed E-state index contributed by atoms with van der Waals surface area (Å²) in [5, 5.41) is 20.1. The number of ketones is 2. The van der Waals surface area contributed by atoms with Crippen LogP contribution in [0.25, 0.3) is 0 Å². The fraction of sp³-hybridized carbons (Fsp3) is 0.519. The largest absolute Gasteiger partial charge is 0.463 e. The van der Waals surface area contributed by atoms with Gasteiger partial charge in [0.05, 0.1) is 25.5 Å². The second-order valence-corrected chi connectivity index (χ2v) is 20.5. The van der Waals surface area contributed by atoms with E-state index in [-0.39, 0.29) is 65.8 Å². The molecule has 5 aliphatic heterocycles. The summed E-state index contributed by atoms with van der Waals surface area (Å²) in [6, 6.07) is 5.22. The zero-order valence-corrected chi connectivity index (χ0v) is 40.3. The molecular weight excluding hydrogens is 855 g/mol. The van der Waals surface area contributed by atoms with E-state index in [2.05, 4.69) is 93.3 Å². The first kappa shape index (κ1) is 47.5. The van der Waals surface area contributed by atoms with Crippen LogP contribution in [0.5, 0.6) is 0 Å². The summed E-state index contributed by atoms with van der Waals surface area (Å²) >= 11 is 0. The van der Waals surface area contributed by atoms with Crippen LogP contribution in [-0.4, -0.2) is 93.4 Å². The molecule has 11 atom stereocenters. The maximum atomic E-state index is 15.6. The summed E-state index contributed by atoms with van der Waals surface area (Å²) in [6.45, 7) is 8.38. The fourth-order valence-corrected chi connectivity index (χ4v) is 12.5. The fourth-order valence-electron chi connectivity index (χ4n) is 12.5. The Hall–Kier alpha value is -5.54. The second kappa shape index (κ2) is 19.5. The van der Waals surface area contributed by atoms with Gasteiger partial charge >= 0.3 is 5.97 Å². The number of allylic oxidation sites excluding steroid dienone is 7. The summed E-state index contributed by atoms with van der Waals surface area (Å²) in [6.07, 6.45) is 29.4. The number of ether oxygens (including phenoxy) is 2. The van der Waals surface area contributed by atoms with Crippen LogP contribution in [0.1, 0.15) is 92.0 Å². The van der Waals surface area contributed by atoms with Gasteiger partial charge in [0, 0.05) is 49.3 Å². The third-order valence-corrected chi connectivity index (χ3v) is 15.9. The number of epoxide rings is 1. The Balaban J connectivity index is 1.10. The van der Waals surface area contributed by atoms with Crippen LogP contribution < -0.4 is 43.4 Å². The average Bonchev–Trinajstić information content (AvgIpc) is 4.05. The summed E-state index contributed by atoms with van der Waals surface area (Å²) in [7, 11) is 3.51. The molecule has 10 N–H and O–H groups in total. The number of nitrogens with one attached hydrogen (secondary N) is 6. The van der Waals surface area contributed by atoms with Gasteiger partial charge in [-0.1, -0.05) is 92.6 Å². The highest BCUT2D eigenvalue weighted by atomic mass is 16.7. The number of Topliss-reactive ketones (excluding diaryl/α,β-unsaturated/α-hetero) is 2. The highest BCUT2D eigenvalue weighted by molar-refractivity contribution is 6.33. The molecular formula is C54H71N9O5. The molecule has 362 valence electrons. The molecule has 10 rings (SSSR count). The third kappa shape index (κ3) is 8.84. The molecule has 14 heteroatoms. The molecule has 9 aliphatic rings. The maximum absolute atomic E-state index is 15.6. The predicted molar refractivity (Wildman–Crippen MR) is 266 cm³/mol. The van der Waals surface area contributed by atoms with E-state index < -0.39 is 23.0 Å². The molecule has 6 bridgehead atoms. The summed E-state index contributed by atoms with van der Waals surface area (Å²) < 4.78 is 13.0. The number of hydrogen-bond donors (Lipinski definition) is 8. The Kier molecular flexibility index (Phi) is 13.6. The van der Waals surface area contributed by atoms with E-state index >= 15 is 14.4 Å². The number of guanidine groups is 1. The van der Waals surface area contributed by atoms with Gasteiger partial charge in [-0.05, 0) is 123 Å². The van der Waals surface area contributed by atoms with Crippen LogP contribution in [0.2, 0.25) is 0 Å². The molecule has 14 nitrogen and oxygen atoms in total. The first-order chi connectivity index (χ1) is 32.8. The van der Waals surface area contributed by atoms with E-state index in [0.29, 0.717) is 49.4 Å². The SMILES string of the molecule is CCN[C@@H]1C=C2C=CC[C@H]3[C@H]2[C@@H]2C=C[C@H]3CCC[C@@](C)(CC3=CNC(N)C=C3)Cc3cccc4c3C(=O)[C@]3(O[C@@]3(C/C=C(\C)C[C@@H](NC(N)=NC)C3=CCNC(NCNC)=C3)C4=O)C(=O)OC[C@@H]21. The molecule has 1 saturated heterocycles. The molecule has 5 heterocycles. The summed E-state index contributed by atoms with van der Waals surface area (Å²) in [5.41, 5.74) is 13.9. The number of rotatable bonds is 13. The molecule has 0 radical (unpaired) electrons. The number of nitrogens with zero attached hydrogens (tertiary/aromatic N) is 1. The van der Waals surface area contributed by atoms with Gasteiger partial charge < -0.3 is 52.8 Å². The number of aliphatic imine (C=N–C) groups is 1. The van der Waals surface area contributed by atoms with Crippen molar-refractivity contribution in [3.05, 3.63) is 130 Å². The number of fused-ring (bicyclic) bond motifs is 6. The van der Waals surface area contributed by atoms with Gasteiger partial charge in [0.1, 0.15) is 5.82 Å². The van der Waals surface area contributed by atoms with Crippen molar-refractivity contribution in [1.29, 1.82) is 0 Å². The Labute approximate surface area is 401 Å². The van der Waals surface area contributed by atoms with Crippen molar-refractivity contribution in [1.82, 2.24) is 31.9 Å². The summed E-state index contributed by atoms with van der Waals surface area (Å²) in [5.74, 6) is 0.661. The highest BCUT2D eigenvalue weighted by Crippen LogP contribution is 2.60. The number of carbonyl (C=O) groups is 3. The molecule has 1 unspecified atom stereocenters. The molecule has 1 spiro atoms. The van der Waals surface area contributed by atoms with E-state index in [9.17, 15) is 0 Å². The average molecular weight is 926 g/mol. The van der Waals surface area contributed by atoms with Gasteiger partial charge in [-0.2, -0.15) is 0 Å². The first-order valence-corrected chi connectivity index (χ1v) is 24.8. The Bertz CT molecular complexity index is 2460. The lowest BCUT2D eigenvalue weighted by Crippen LogP contribution is -2.53. The molecule has 1 aromatic carbocycles. The Morgan fingerprint density at radius 2 is 1.97 bits per heavy atom. The van der Waals surface area contributed by atoms with Gasteiger partial charge in [0.2, 0.25) is 5.78 Å². The zero-order chi connectivity index (χ0) is 47.8. The van der Waals surface area contributed by atoms with Crippen molar-refractivity contribution in [2.45, 2.75) is 102 Å². The molecule has 4 aliphatic carbocycles. The number of nitrogens with two attached hydrogens (primary N) is 2. The van der Waals surface area contributed by atoms with E-state index in [1.165, 1.54) is 5.57 Å². The molecule has 0 amide bonds. The lowest BCUT2D eigenvalue weighted by molar-refractivity contribution is -0.150. The smallest absolute Gasteiger partial charge is 0.350 e. The van der Waals surface area contributed by atoms with E-state index in [1.54, 1.807) is 13.1 Å². The predicted octanol–water partition coefficient (Wildman–Crippen LogP) is 4.86. The third-order valence-electron chi connectivity index (χ3n) is 15.9. The Morgan fingerprint density at radius 3 is 2.75 bits per heavy atom. The second-order valence-electron chi connectivity index (χ2n) is 20.5. The van der Waals surface area contributed by atoms with Crippen molar-refractivity contribution in [2.24, 2.45) is 51.5 Å². The Morgan fingerprint density at radius 1 is 1.12 bits per heavy atom. The van der Waals surface area contributed by atoms with Crippen molar-refractivity contribution >= 4 is 23.5 Å². The van der Waals surface area contributed by atoms with Crippen LogP contribution >= 0.6 is 0 Å². The number of hydrogen-bond acceptors (Lipinski definition) is 12. The number of dihydropyridines is 2. The van der Waals surface area contributed by atoms with Gasteiger partial charge in [-0.3, -0.25) is 14.6 Å². The minimum absolute atomic E-state index is 0.00336. The minimum atomic E-state index is -2.14. The number of likely N-dealkylation sites (N-methyl/N-ethyl adjacent to an activating group) is 1. The molecule has 1 aromatic rings. The van der Waals surface area contributed by atoms with Crippen LogP contribution in [-0.2, 0) is 20.7 Å². The van der Waals surface area contributed by atoms with Crippen molar-refractivity contribution in [3.8, 4) is 0 Å². The standard InChI is InChI=1S/C54H71N9O5/c1-6-59-43-25-36-10-7-13-38-34-12-9-21-52(3,27-33-15-18-44(55)61-29-33)28-37-11-8-14-40-47(37)49(65)54(50(66)67-30-41(43)39(17-16-34)46(36)38)53(68-54,48(40)64)22-19-32(2)24-42(63-51(56)58-5)35-20-23-60-45(26-35)62-31-57-4/h7-8,10-11,14-20,25-26,29,34,38-39,41-44,46,57,59-62H,6,9,12-13,21-24,27-28,30-31,55H2,1-5H3,(H3,56,58,63)/b32-19+/t34-,38-,39-,41+,42-,43-,44?,46+,52+,53+,54+/m1/s1. The van der Waals surface area contributed by atoms with Crippen molar-refractivity contribution in [3.63, 3.8) is 0 Å². The highest BCUT2D eigenvalue weighted by Gasteiger charge is 2.85. The molecule has 68 heavy (non-hydrogen) atoms.